The molecule has 0 aliphatic heterocycles. The Balaban J connectivity index is 4.35. The molecule has 0 radical (unpaired) electrons. The van der Waals surface area contributed by atoms with E-state index in [-0.39, 0.29) is 0 Å². The molecule has 0 rings (SSSR count). The van der Waals surface area contributed by atoms with Gasteiger partial charge in [0.1, 0.15) is 0 Å². The molecule has 0 aliphatic carbocycles. The maximum Gasteiger partial charge on any atom is 0.0570 e. The van der Waals surface area contributed by atoms with E-state index in [1.165, 1.54) is 0 Å². The first-order chi connectivity index (χ1) is 4.76. The summed E-state index contributed by atoms with van der Waals surface area (Å²) in [4.78, 5) is 0. The van der Waals surface area contributed by atoms with Crippen molar-refractivity contribution in [3.05, 3.63) is 0 Å². The van der Waals surface area contributed by atoms with Crippen LogP contribution in [-0.4, -0.2) is 39.8 Å². The van der Waals surface area contributed by atoms with Gasteiger partial charge in [0.15, 0.2) is 0 Å². The molecule has 0 N–H and O–H groups in total. The summed E-state index contributed by atoms with van der Waals surface area (Å²) in [6, 6.07) is 0. The van der Waals surface area contributed by atoms with Crippen LogP contribution in [0.4, 0.5) is 0 Å². The average Bonchev–Trinajstić information content (AvgIpc) is 1.54. The molecule has 0 saturated carbocycles. The highest BCUT2D eigenvalue weighted by Gasteiger charge is 2.31. The summed E-state index contributed by atoms with van der Waals surface area (Å²) in [6.07, 6.45) is 0. The highest BCUT2D eigenvalue weighted by atomic mass is 31.2. The Bertz CT molecular complexity index is 108. The fourth-order valence-electron chi connectivity index (χ4n) is 2.01. The van der Waals surface area contributed by atoms with E-state index in [4.69, 9.17) is 0 Å². The van der Waals surface area contributed by atoms with Gasteiger partial charge in [-0.3, -0.25) is 0 Å². The summed E-state index contributed by atoms with van der Waals surface area (Å²) in [5.74, 6) is 0. The Morgan fingerprint density at radius 2 is 1.09 bits per heavy atom. The quantitative estimate of drug-likeness (QED) is 0.490. The molecule has 0 spiro atoms. The monoisotopic (exact) mass is 208 g/mol. The summed E-state index contributed by atoms with van der Waals surface area (Å²) in [5, 5.41) is 1.10. The van der Waals surface area contributed by atoms with Gasteiger partial charge in [0.2, 0.25) is 0 Å². The predicted molar refractivity (Wildman–Crippen MR) is 64.7 cm³/mol. The Labute approximate surface area is 75.7 Å². The number of hydrogen-bond acceptors (Lipinski definition) is 0. The minimum atomic E-state index is -0.855. The van der Waals surface area contributed by atoms with Crippen LogP contribution in [0.1, 0.15) is 0 Å². The summed E-state index contributed by atoms with van der Waals surface area (Å²) < 4.78 is 0. The van der Waals surface area contributed by atoms with Crippen molar-refractivity contribution >= 4 is 23.9 Å². The maximum atomic E-state index is 2.52. The molecule has 11 heavy (non-hydrogen) atoms. The molecule has 0 nitrogen and oxygen atoms in total. The van der Waals surface area contributed by atoms with Crippen LogP contribution in [0.5, 0.6) is 0 Å². The first-order valence-corrected chi connectivity index (χ1v) is 12.3. The van der Waals surface area contributed by atoms with Crippen LogP contribution < -0.4 is 0 Å². The highest BCUT2D eigenvalue weighted by molar-refractivity contribution is 7.78. The first kappa shape index (κ1) is 12.1. The van der Waals surface area contributed by atoms with Gasteiger partial charge < -0.3 is 0 Å². The average molecular weight is 208 g/mol. The van der Waals surface area contributed by atoms with Crippen molar-refractivity contribution in [2.45, 2.75) is 24.7 Å². The lowest BCUT2D eigenvalue weighted by atomic mass is 11.7. The third kappa shape index (κ3) is 4.01. The van der Waals surface area contributed by atoms with Crippen molar-refractivity contribution in [1.29, 1.82) is 0 Å². The largest absolute Gasteiger partial charge is 0.108 e. The van der Waals surface area contributed by atoms with E-state index < -0.39 is 8.07 Å². The van der Waals surface area contributed by atoms with Crippen LogP contribution in [0.15, 0.2) is 0 Å². The van der Waals surface area contributed by atoms with Gasteiger partial charge in [-0.15, -0.1) is 15.8 Å². The van der Waals surface area contributed by atoms with Crippen LogP contribution in [0.25, 0.3) is 0 Å². The van der Waals surface area contributed by atoms with E-state index in [1.54, 1.807) is 0 Å². The molecule has 0 unspecified atom stereocenters. The van der Waals surface area contributed by atoms with Crippen LogP contribution in [0.3, 0.4) is 0 Å². The summed E-state index contributed by atoms with van der Waals surface area (Å²) in [5.41, 5.74) is 0. The van der Waals surface area contributed by atoms with E-state index in [2.05, 4.69) is 46.3 Å². The van der Waals surface area contributed by atoms with Crippen molar-refractivity contribution < 1.29 is 0 Å². The summed E-state index contributed by atoms with van der Waals surface area (Å²) in [6.45, 7) is 17.3. The molecule has 0 amide bonds. The van der Waals surface area contributed by atoms with Crippen molar-refractivity contribution in [3.63, 3.8) is 0 Å². The SMILES string of the molecule is CP(C)C(P(C)C)[Si](C)(C)C. The van der Waals surface area contributed by atoms with E-state index in [0.717, 1.165) is 5.02 Å². The van der Waals surface area contributed by atoms with Gasteiger partial charge in [-0.1, -0.05) is 19.6 Å². The van der Waals surface area contributed by atoms with Crippen molar-refractivity contribution in [2.24, 2.45) is 0 Å². The molecule has 0 heterocycles. The van der Waals surface area contributed by atoms with Crippen LogP contribution in [0, 0.1) is 0 Å². The molecule has 0 aromatic carbocycles. The Morgan fingerprint density at radius 3 is 1.09 bits per heavy atom. The second-order valence-electron chi connectivity index (χ2n) is 4.67. The lowest BCUT2D eigenvalue weighted by molar-refractivity contribution is 1.56. The van der Waals surface area contributed by atoms with Gasteiger partial charge in [-0.25, -0.2) is 0 Å². The molecule has 0 atom stereocenters. The molecule has 0 fully saturated rings. The number of hydrogen-bond donors (Lipinski definition) is 0. The van der Waals surface area contributed by atoms with Gasteiger partial charge in [-0.2, -0.15) is 0 Å². The third-order valence-corrected chi connectivity index (χ3v) is 15.8. The van der Waals surface area contributed by atoms with Gasteiger partial charge in [0.05, 0.1) is 8.07 Å². The maximum absolute atomic E-state index is 2.52. The van der Waals surface area contributed by atoms with Crippen molar-refractivity contribution in [3.8, 4) is 0 Å². The molecule has 68 valence electrons. The molecule has 0 aromatic rings. The van der Waals surface area contributed by atoms with Crippen molar-refractivity contribution in [2.75, 3.05) is 26.7 Å². The predicted octanol–water partition coefficient (Wildman–Crippen LogP) is 3.67. The lowest BCUT2D eigenvalue weighted by Gasteiger charge is -2.36. The zero-order valence-electron chi connectivity index (χ0n) is 8.97. The fourth-order valence-corrected chi connectivity index (χ4v) is 18.1. The first-order valence-electron chi connectivity index (χ1n) is 4.09. The summed E-state index contributed by atoms with van der Waals surface area (Å²) in [7, 11) is -0.257. The molecular weight excluding hydrogens is 186 g/mol. The normalized spacial score (nSPS) is 13.6. The zero-order chi connectivity index (χ0) is 9.23. The smallest absolute Gasteiger partial charge is 0.0570 e. The topological polar surface area (TPSA) is 0 Å². The Morgan fingerprint density at radius 1 is 0.818 bits per heavy atom. The van der Waals surface area contributed by atoms with E-state index >= 15 is 0 Å². The Kier molecular flexibility index (Phi) is 4.78. The lowest BCUT2D eigenvalue weighted by Crippen LogP contribution is -2.34. The molecule has 0 bridgehead atoms. The van der Waals surface area contributed by atoms with Gasteiger partial charge >= 0.3 is 0 Å². The highest BCUT2D eigenvalue weighted by Crippen LogP contribution is 2.54. The van der Waals surface area contributed by atoms with Crippen molar-refractivity contribution in [1.82, 2.24) is 0 Å². The zero-order valence-corrected chi connectivity index (χ0v) is 11.8. The standard InChI is InChI=1S/C8H22P2Si/c1-9(2)8(10(3)4)11(5,6)7/h8H,1-7H3. The van der Waals surface area contributed by atoms with E-state index in [1.807, 2.05) is 0 Å². The third-order valence-electron chi connectivity index (χ3n) is 1.75. The van der Waals surface area contributed by atoms with Crippen LogP contribution in [0.2, 0.25) is 19.6 Å². The summed E-state index contributed by atoms with van der Waals surface area (Å²) >= 11 is 0. The molecule has 0 aliphatic rings. The second-order valence-corrected chi connectivity index (χ2v) is 16.2. The van der Waals surface area contributed by atoms with Gasteiger partial charge in [0, 0.05) is 0 Å². The fraction of sp³-hybridized carbons (Fsp3) is 1.00. The van der Waals surface area contributed by atoms with Gasteiger partial charge in [-0.05, 0) is 31.7 Å². The van der Waals surface area contributed by atoms with Crippen LogP contribution in [-0.2, 0) is 0 Å². The molecular formula is C8H22P2Si. The van der Waals surface area contributed by atoms with Crippen LogP contribution >= 0.6 is 15.8 Å². The van der Waals surface area contributed by atoms with E-state index in [9.17, 15) is 0 Å². The van der Waals surface area contributed by atoms with E-state index in [0.29, 0.717) is 15.8 Å². The Hall–Kier alpha value is 1.08. The molecule has 3 heteroatoms. The second kappa shape index (κ2) is 4.35. The molecule has 0 aromatic heterocycles. The molecule has 0 saturated heterocycles. The minimum absolute atomic E-state index is 0.299. The number of rotatable bonds is 3. The minimum Gasteiger partial charge on any atom is -0.108 e. The van der Waals surface area contributed by atoms with Gasteiger partial charge in [0.25, 0.3) is 0 Å².